The number of sulfonamides is 1. The van der Waals surface area contributed by atoms with Gasteiger partial charge in [0.1, 0.15) is 0 Å². The average Bonchev–Trinajstić information content (AvgIpc) is 2.71. The number of carboxylic acid groups (broad SMARTS) is 1. The van der Waals surface area contributed by atoms with Crippen LogP contribution in [0.4, 0.5) is 5.69 Å². The lowest BCUT2D eigenvalue weighted by molar-refractivity contribution is -0.140. The fourth-order valence-electron chi connectivity index (χ4n) is 2.02. The molecular weight excluding hydrogens is 296 g/mol. The zero-order valence-electron chi connectivity index (χ0n) is 11.7. The van der Waals surface area contributed by atoms with Gasteiger partial charge in [-0.15, -0.1) is 0 Å². The van der Waals surface area contributed by atoms with Gasteiger partial charge in [0.05, 0.1) is 17.2 Å². The van der Waals surface area contributed by atoms with Gasteiger partial charge in [0.15, 0.2) is 0 Å². The number of anilines is 1. The molecule has 114 valence electrons. The highest BCUT2D eigenvalue weighted by Crippen LogP contribution is 2.29. The van der Waals surface area contributed by atoms with Crippen LogP contribution in [0.15, 0.2) is 23.1 Å². The monoisotopic (exact) mass is 312 g/mol. The van der Waals surface area contributed by atoms with E-state index in [2.05, 4.69) is 4.72 Å². The Bertz CT molecular complexity index is 699. The second-order valence-electron chi connectivity index (χ2n) is 5.01. The lowest BCUT2D eigenvalue weighted by Crippen LogP contribution is -2.31. The van der Waals surface area contributed by atoms with E-state index in [0.717, 1.165) is 0 Å². The highest BCUT2D eigenvalue weighted by atomic mass is 32.2. The summed E-state index contributed by atoms with van der Waals surface area (Å²) in [5.74, 6) is -1.98. The summed E-state index contributed by atoms with van der Waals surface area (Å²) in [6.07, 6.45) is 0.167. The Balaban J connectivity index is 2.21. The van der Waals surface area contributed by atoms with E-state index in [1.165, 1.54) is 24.0 Å². The Labute approximate surface area is 122 Å². The molecular formula is C13H16N2O5S. The largest absolute Gasteiger partial charge is 0.481 e. The molecule has 0 aromatic heterocycles. The van der Waals surface area contributed by atoms with Crippen molar-refractivity contribution in [2.75, 3.05) is 18.5 Å². The maximum absolute atomic E-state index is 12.1. The molecule has 1 aromatic rings. The zero-order chi connectivity index (χ0) is 15.8. The number of amides is 1. The number of carbonyl (C=O) groups is 2. The molecule has 0 aliphatic carbocycles. The number of aliphatic carboxylic acids is 1. The summed E-state index contributed by atoms with van der Waals surface area (Å²) in [5.41, 5.74) is 1.34. The number of hydrogen-bond donors (Lipinski definition) is 2. The molecule has 21 heavy (non-hydrogen) atoms. The van der Waals surface area contributed by atoms with Crippen LogP contribution >= 0.6 is 0 Å². The average molecular weight is 312 g/mol. The minimum Gasteiger partial charge on any atom is -0.481 e. The fourth-order valence-corrected chi connectivity index (χ4v) is 3.20. The first-order valence-electron chi connectivity index (χ1n) is 6.34. The maximum Gasteiger partial charge on any atom is 0.307 e. The molecule has 0 fully saturated rings. The van der Waals surface area contributed by atoms with Gasteiger partial charge in [-0.05, 0) is 23.8 Å². The molecule has 1 aliphatic heterocycles. The number of nitrogens with one attached hydrogen (secondary N) is 1. The van der Waals surface area contributed by atoms with Crippen LogP contribution in [0.2, 0.25) is 0 Å². The Morgan fingerprint density at radius 1 is 1.48 bits per heavy atom. The van der Waals surface area contributed by atoms with Crippen molar-refractivity contribution >= 4 is 27.6 Å². The van der Waals surface area contributed by atoms with E-state index in [-0.39, 0.29) is 23.8 Å². The first-order chi connectivity index (χ1) is 9.72. The predicted octanol–water partition coefficient (Wildman–Crippen LogP) is 0.204. The minimum atomic E-state index is -3.79. The number of hydrogen-bond acceptors (Lipinski definition) is 4. The van der Waals surface area contributed by atoms with Gasteiger partial charge in [-0.3, -0.25) is 9.59 Å². The van der Waals surface area contributed by atoms with Gasteiger partial charge in [-0.25, -0.2) is 13.1 Å². The van der Waals surface area contributed by atoms with E-state index in [1.54, 1.807) is 13.1 Å². The number of nitrogens with zero attached hydrogens (tertiary/aromatic N) is 1. The van der Waals surface area contributed by atoms with Crippen molar-refractivity contribution in [1.29, 1.82) is 0 Å². The summed E-state index contributed by atoms with van der Waals surface area (Å²) in [5, 5.41) is 8.76. The first-order valence-corrected chi connectivity index (χ1v) is 7.82. The van der Waals surface area contributed by atoms with E-state index < -0.39 is 21.9 Å². The molecule has 0 saturated carbocycles. The van der Waals surface area contributed by atoms with E-state index in [4.69, 9.17) is 5.11 Å². The van der Waals surface area contributed by atoms with Crippen LogP contribution in [0.1, 0.15) is 12.5 Å². The molecule has 7 nitrogen and oxygen atoms in total. The Morgan fingerprint density at radius 2 is 2.14 bits per heavy atom. The predicted molar refractivity (Wildman–Crippen MR) is 75.5 cm³/mol. The van der Waals surface area contributed by atoms with Crippen LogP contribution in [-0.4, -0.2) is 39.0 Å². The Morgan fingerprint density at radius 3 is 2.76 bits per heavy atom. The molecule has 1 aliphatic rings. The number of benzene rings is 1. The number of rotatable bonds is 5. The smallest absolute Gasteiger partial charge is 0.307 e. The van der Waals surface area contributed by atoms with Crippen LogP contribution in [0.5, 0.6) is 0 Å². The number of likely N-dealkylation sites (N-methyl/N-ethyl adjacent to an activating group) is 1. The topological polar surface area (TPSA) is 104 Å². The van der Waals surface area contributed by atoms with Crippen LogP contribution in [0, 0.1) is 5.92 Å². The minimum absolute atomic E-state index is 0.0296. The van der Waals surface area contributed by atoms with Crippen LogP contribution in [-0.2, 0) is 26.0 Å². The van der Waals surface area contributed by atoms with Crippen molar-refractivity contribution in [3.05, 3.63) is 23.8 Å². The molecule has 2 N–H and O–H groups in total. The molecule has 1 heterocycles. The molecule has 1 amide bonds. The van der Waals surface area contributed by atoms with E-state index in [0.29, 0.717) is 11.3 Å². The summed E-state index contributed by atoms with van der Waals surface area (Å²) >= 11 is 0. The van der Waals surface area contributed by atoms with E-state index in [1.807, 2.05) is 0 Å². The molecule has 1 atom stereocenters. The molecule has 0 saturated heterocycles. The van der Waals surface area contributed by atoms with E-state index >= 15 is 0 Å². The third kappa shape index (κ3) is 3.06. The third-order valence-corrected chi connectivity index (χ3v) is 4.86. The van der Waals surface area contributed by atoms with Gasteiger partial charge in [0.2, 0.25) is 15.9 Å². The Kier molecular flexibility index (Phi) is 4.02. The van der Waals surface area contributed by atoms with Crippen LogP contribution in [0.3, 0.4) is 0 Å². The lowest BCUT2D eigenvalue weighted by atomic mass is 10.2. The summed E-state index contributed by atoms with van der Waals surface area (Å²) in [4.78, 5) is 23.8. The molecule has 8 heteroatoms. The number of carboxylic acids is 1. The molecule has 0 radical (unpaired) electrons. The number of carbonyl (C=O) groups excluding carboxylic acids is 1. The molecule has 1 aromatic carbocycles. The highest BCUT2D eigenvalue weighted by molar-refractivity contribution is 7.89. The SMILES string of the molecule is CC(CNS(=O)(=O)c1ccc2c(c1)CC(=O)N2C)C(=O)O. The second-order valence-corrected chi connectivity index (χ2v) is 6.78. The standard InChI is InChI=1S/C13H16N2O5S/c1-8(13(17)18)7-14-21(19,20)10-3-4-11-9(5-10)6-12(16)15(11)2/h3-5,8,14H,6-7H2,1-2H3,(H,17,18). The molecule has 2 rings (SSSR count). The summed E-state index contributed by atoms with van der Waals surface area (Å²) in [6, 6.07) is 4.43. The van der Waals surface area contributed by atoms with Crippen molar-refractivity contribution in [3.8, 4) is 0 Å². The van der Waals surface area contributed by atoms with Gasteiger partial charge >= 0.3 is 5.97 Å². The summed E-state index contributed by atoms with van der Waals surface area (Å²) < 4.78 is 26.5. The normalized spacial score (nSPS) is 15.9. The zero-order valence-corrected chi connectivity index (χ0v) is 12.5. The quantitative estimate of drug-likeness (QED) is 0.808. The van der Waals surface area contributed by atoms with Crippen LogP contribution < -0.4 is 9.62 Å². The molecule has 0 spiro atoms. The summed E-state index contributed by atoms with van der Waals surface area (Å²) in [6.45, 7) is 1.23. The number of fused-ring (bicyclic) bond motifs is 1. The van der Waals surface area contributed by atoms with Crippen LogP contribution in [0.25, 0.3) is 0 Å². The molecule has 1 unspecified atom stereocenters. The first kappa shape index (κ1) is 15.5. The van der Waals surface area contributed by atoms with Gasteiger partial charge in [-0.2, -0.15) is 0 Å². The van der Waals surface area contributed by atoms with Gasteiger partial charge < -0.3 is 10.0 Å². The van der Waals surface area contributed by atoms with Crippen molar-refractivity contribution in [1.82, 2.24) is 4.72 Å². The third-order valence-electron chi connectivity index (χ3n) is 3.44. The summed E-state index contributed by atoms with van der Waals surface area (Å²) in [7, 11) is -2.15. The van der Waals surface area contributed by atoms with Gasteiger partial charge in [0, 0.05) is 19.3 Å². The van der Waals surface area contributed by atoms with Crippen molar-refractivity contribution < 1.29 is 23.1 Å². The Hall–Kier alpha value is -1.93. The van der Waals surface area contributed by atoms with Crippen molar-refractivity contribution in [3.63, 3.8) is 0 Å². The highest BCUT2D eigenvalue weighted by Gasteiger charge is 2.26. The maximum atomic E-state index is 12.1. The second kappa shape index (κ2) is 5.45. The van der Waals surface area contributed by atoms with E-state index in [9.17, 15) is 18.0 Å². The molecule has 0 bridgehead atoms. The van der Waals surface area contributed by atoms with Crippen molar-refractivity contribution in [2.45, 2.75) is 18.2 Å². The lowest BCUT2D eigenvalue weighted by Gasteiger charge is -2.12. The van der Waals surface area contributed by atoms with Crippen molar-refractivity contribution in [2.24, 2.45) is 5.92 Å². The van der Waals surface area contributed by atoms with Gasteiger partial charge in [0.25, 0.3) is 0 Å². The fraction of sp³-hybridized carbons (Fsp3) is 0.385. The van der Waals surface area contributed by atoms with Gasteiger partial charge in [-0.1, -0.05) is 6.92 Å².